The molecule has 1 aromatic heterocycles. The SMILES string of the molecule is CSC(=N[N+](=O)[O-])N(Cc1cnc(Cl)s1)C(C)=O. The maximum atomic E-state index is 11.5. The number of hydrogen-bond acceptors (Lipinski definition) is 6. The van der Waals surface area contributed by atoms with Crippen LogP contribution < -0.4 is 0 Å². The summed E-state index contributed by atoms with van der Waals surface area (Å²) in [7, 11) is 0. The third-order valence-electron chi connectivity index (χ3n) is 1.80. The third kappa shape index (κ3) is 4.24. The van der Waals surface area contributed by atoms with Crippen molar-refractivity contribution < 1.29 is 9.83 Å². The maximum Gasteiger partial charge on any atom is 0.244 e. The molecule has 18 heavy (non-hydrogen) atoms. The highest BCUT2D eigenvalue weighted by molar-refractivity contribution is 8.13. The molecule has 0 aliphatic rings. The predicted molar refractivity (Wildman–Crippen MR) is 71.3 cm³/mol. The van der Waals surface area contributed by atoms with Crippen molar-refractivity contribution in [1.82, 2.24) is 9.88 Å². The van der Waals surface area contributed by atoms with Crippen LogP contribution >= 0.6 is 34.7 Å². The molecule has 1 amide bonds. The quantitative estimate of drug-likeness (QED) is 0.369. The van der Waals surface area contributed by atoms with Gasteiger partial charge >= 0.3 is 0 Å². The number of aromatic nitrogens is 1. The Morgan fingerprint density at radius 3 is 2.83 bits per heavy atom. The Balaban J connectivity index is 2.95. The second-order valence-corrected chi connectivity index (χ2v) is 5.48. The van der Waals surface area contributed by atoms with Gasteiger partial charge in [0.05, 0.1) is 11.6 Å². The molecule has 0 aliphatic heterocycles. The number of hydrazone groups is 1. The van der Waals surface area contributed by atoms with Crippen LogP contribution in [0.5, 0.6) is 0 Å². The molecule has 1 rings (SSSR count). The van der Waals surface area contributed by atoms with E-state index in [0.717, 1.165) is 16.6 Å². The van der Waals surface area contributed by atoms with Gasteiger partial charge in [-0.15, -0.1) is 11.3 Å². The highest BCUT2D eigenvalue weighted by Crippen LogP contribution is 2.20. The molecule has 0 unspecified atom stereocenters. The Morgan fingerprint density at radius 2 is 2.44 bits per heavy atom. The molecule has 0 radical (unpaired) electrons. The van der Waals surface area contributed by atoms with E-state index in [2.05, 4.69) is 10.1 Å². The number of amidine groups is 1. The summed E-state index contributed by atoms with van der Waals surface area (Å²) < 4.78 is 0.352. The lowest BCUT2D eigenvalue weighted by Crippen LogP contribution is -2.33. The predicted octanol–water partition coefficient (Wildman–Crippen LogP) is 2.06. The summed E-state index contributed by atoms with van der Waals surface area (Å²) in [6, 6.07) is 0. The standard InChI is InChI=1S/C8H9ClN4O3S2/c1-5(14)12(8(17-2)11-13(15)16)4-6-3-10-7(9)18-6/h3H,4H2,1-2H3. The van der Waals surface area contributed by atoms with Crippen LogP contribution in [0.4, 0.5) is 0 Å². The van der Waals surface area contributed by atoms with E-state index in [1.165, 1.54) is 29.4 Å². The lowest BCUT2D eigenvalue weighted by molar-refractivity contribution is -0.485. The fourth-order valence-corrected chi connectivity index (χ4v) is 2.63. The average Bonchev–Trinajstić information content (AvgIpc) is 2.68. The number of thioether (sulfide) groups is 1. The Kier molecular flexibility index (Phi) is 5.51. The number of rotatable bonds is 3. The first-order valence-corrected chi connectivity index (χ1v) is 7.01. The molecule has 98 valence electrons. The average molecular weight is 309 g/mol. The van der Waals surface area contributed by atoms with Gasteiger partial charge in [0.2, 0.25) is 11.1 Å². The second kappa shape index (κ2) is 6.66. The van der Waals surface area contributed by atoms with Gasteiger partial charge in [-0.25, -0.2) is 15.1 Å². The molecule has 1 aromatic rings. The van der Waals surface area contributed by atoms with E-state index in [-0.39, 0.29) is 17.6 Å². The first-order valence-electron chi connectivity index (χ1n) is 4.59. The van der Waals surface area contributed by atoms with Crippen molar-refractivity contribution in [2.45, 2.75) is 13.5 Å². The van der Waals surface area contributed by atoms with Crippen LogP contribution in [0.2, 0.25) is 4.47 Å². The van der Waals surface area contributed by atoms with Gasteiger partial charge in [-0.1, -0.05) is 23.4 Å². The molecule has 0 fully saturated rings. The van der Waals surface area contributed by atoms with Crippen LogP contribution in [-0.2, 0) is 11.3 Å². The molecule has 0 saturated carbocycles. The Labute approximate surface area is 116 Å². The van der Waals surface area contributed by atoms with E-state index in [0.29, 0.717) is 4.47 Å². The molecular formula is C8H9ClN4O3S2. The van der Waals surface area contributed by atoms with Crippen molar-refractivity contribution in [2.75, 3.05) is 6.26 Å². The van der Waals surface area contributed by atoms with Crippen LogP contribution in [0.15, 0.2) is 11.3 Å². The van der Waals surface area contributed by atoms with Gasteiger partial charge in [-0.3, -0.25) is 9.69 Å². The van der Waals surface area contributed by atoms with Crippen LogP contribution in [0.3, 0.4) is 0 Å². The first kappa shape index (κ1) is 14.9. The number of nitro groups is 1. The number of halogens is 1. The summed E-state index contributed by atoms with van der Waals surface area (Å²) in [5.74, 6) is -0.338. The van der Waals surface area contributed by atoms with Crippen molar-refractivity contribution in [1.29, 1.82) is 0 Å². The molecule has 0 aliphatic carbocycles. The monoisotopic (exact) mass is 308 g/mol. The van der Waals surface area contributed by atoms with Crippen molar-refractivity contribution in [2.24, 2.45) is 5.10 Å². The molecule has 1 heterocycles. The van der Waals surface area contributed by atoms with Gasteiger partial charge in [-0.05, 0) is 6.26 Å². The molecule has 0 saturated heterocycles. The molecule has 10 heteroatoms. The lowest BCUT2D eigenvalue weighted by Gasteiger charge is -2.17. The highest BCUT2D eigenvalue weighted by Gasteiger charge is 2.20. The fraction of sp³-hybridized carbons (Fsp3) is 0.375. The van der Waals surface area contributed by atoms with Gasteiger partial charge in [0, 0.05) is 18.0 Å². The van der Waals surface area contributed by atoms with E-state index in [4.69, 9.17) is 11.6 Å². The van der Waals surface area contributed by atoms with Crippen molar-refractivity contribution in [3.8, 4) is 0 Å². The molecule has 7 nitrogen and oxygen atoms in total. The van der Waals surface area contributed by atoms with Crippen LogP contribution in [0.1, 0.15) is 11.8 Å². The van der Waals surface area contributed by atoms with Crippen LogP contribution in [0.25, 0.3) is 0 Å². The Hall–Kier alpha value is -1.19. The topological polar surface area (TPSA) is 88.7 Å². The number of hydrogen-bond donors (Lipinski definition) is 0. The smallest absolute Gasteiger partial charge is 0.244 e. The third-order valence-corrected chi connectivity index (χ3v) is 3.57. The summed E-state index contributed by atoms with van der Waals surface area (Å²) in [5.41, 5.74) is 0. The normalized spacial score (nSPS) is 11.4. The fourth-order valence-electron chi connectivity index (χ4n) is 1.10. The zero-order valence-corrected chi connectivity index (χ0v) is 11.9. The van der Waals surface area contributed by atoms with Crippen LogP contribution in [-0.4, -0.2) is 32.2 Å². The molecule has 0 N–H and O–H groups in total. The maximum absolute atomic E-state index is 11.5. The zero-order valence-electron chi connectivity index (χ0n) is 9.49. The number of amides is 1. The number of carbonyl (C=O) groups is 1. The van der Waals surface area contributed by atoms with E-state index in [9.17, 15) is 14.9 Å². The minimum atomic E-state index is -0.832. The number of nitrogens with zero attached hydrogens (tertiary/aromatic N) is 4. The van der Waals surface area contributed by atoms with Gasteiger partial charge in [0.15, 0.2) is 9.50 Å². The summed E-state index contributed by atoms with van der Waals surface area (Å²) in [4.78, 5) is 27.7. The highest BCUT2D eigenvalue weighted by atomic mass is 35.5. The number of carbonyl (C=O) groups excluding carboxylic acids is 1. The van der Waals surface area contributed by atoms with Gasteiger partial charge < -0.3 is 0 Å². The van der Waals surface area contributed by atoms with E-state index in [1.807, 2.05) is 0 Å². The van der Waals surface area contributed by atoms with Crippen molar-refractivity contribution in [3.63, 3.8) is 0 Å². The summed E-state index contributed by atoms with van der Waals surface area (Å²) in [5, 5.41) is 12.8. The molecule has 0 spiro atoms. The van der Waals surface area contributed by atoms with E-state index in [1.54, 1.807) is 6.26 Å². The molecule has 0 atom stereocenters. The lowest BCUT2D eigenvalue weighted by atomic mass is 10.4. The van der Waals surface area contributed by atoms with Crippen LogP contribution in [0, 0.1) is 10.1 Å². The first-order chi connectivity index (χ1) is 8.43. The molecular weight excluding hydrogens is 300 g/mol. The largest absolute Gasteiger partial charge is 0.281 e. The minimum absolute atomic E-state index is 0.0250. The molecule has 0 bridgehead atoms. The summed E-state index contributed by atoms with van der Waals surface area (Å²) in [6.45, 7) is 1.47. The molecule has 0 aromatic carbocycles. The van der Waals surface area contributed by atoms with Gasteiger partial charge in [0.1, 0.15) is 0 Å². The van der Waals surface area contributed by atoms with E-state index < -0.39 is 5.03 Å². The van der Waals surface area contributed by atoms with Crippen molar-refractivity contribution >= 4 is 45.8 Å². The zero-order chi connectivity index (χ0) is 13.7. The summed E-state index contributed by atoms with van der Waals surface area (Å²) in [6.07, 6.45) is 3.13. The second-order valence-electron chi connectivity index (χ2n) is 3.01. The van der Waals surface area contributed by atoms with Gasteiger partial charge in [-0.2, -0.15) is 0 Å². The Bertz CT molecular complexity index is 490. The van der Waals surface area contributed by atoms with Gasteiger partial charge in [0.25, 0.3) is 0 Å². The van der Waals surface area contributed by atoms with Crippen molar-refractivity contribution in [3.05, 3.63) is 25.7 Å². The number of thiazole rings is 1. The van der Waals surface area contributed by atoms with E-state index >= 15 is 0 Å². The Morgan fingerprint density at radius 1 is 1.78 bits per heavy atom. The summed E-state index contributed by atoms with van der Waals surface area (Å²) >= 11 is 7.91. The minimum Gasteiger partial charge on any atom is -0.281 e.